The third-order valence-electron chi connectivity index (χ3n) is 4.09. The van der Waals surface area contributed by atoms with Crippen molar-refractivity contribution in [3.05, 3.63) is 66.4 Å². The molecular formula is C19H15N. The van der Waals surface area contributed by atoms with Gasteiger partial charge in [-0.1, -0.05) is 61.5 Å². The van der Waals surface area contributed by atoms with E-state index in [-0.39, 0.29) is 0 Å². The fourth-order valence-corrected chi connectivity index (χ4v) is 3.06. The van der Waals surface area contributed by atoms with Crippen LogP contribution in [0.15, 0.2) is 60.8 Å². The first kappa shape index (κ1) is 11.4. The standard InChI is InChI=1S/C19H15N/c1-2-13-7-5-9-17-16(13)10-11-18-15-8-4-3-6-14(15)12-20-19(17)18/h3-12H,2H2,1H3. The van der Waals surface area contributed by atoms with Gasteiger partial charge < -0.3 is 0 Å². The highest BCUT2D eigenvalue weighted by atomic mass is 14.7. The summed E-state index contributed by atoms with van der Waals surface area (Å²) in [6.07, 6.45) is 3.03. The lowest BCUT2D eigenvalue weighted by Gasteiger charge is -2.09. The summed E-state index contributed by atoms with van der Waals surface area (Å²) in [6, 6.07) is 19.4. The van der Waals surface area contributed by atoms with Gasteiger partial charge in [-0.25, -0.2) is 0 Å². The van der Waals surface area contributed by atoms with Gasteiger partial charge in [0.1, 0.15) is 0 Å². The van der Waals surface area contributed by atoms with Crippen molar-refractivity contribution in [3.8, 4) is 0 Å². The number of hydrogen-bond donors (Lipinski definition) is 0. The van der Waals surface area contributed by atoms with E-state index in [4.69, 9.17) is 4.98 Å². The molecule has 1 heterocycles. The van der Waals surface area contributed by atoms with Gasteiger partial charge in [0.05, 0.1) is 5.52 Å². The van der Waals surface area contributed by atoms with Crippen LogP contribution in [0.3, 0.4) is 0 Å². The number of fused-ring (bicyclic) bond motifs is 5. The molecule has 0 radical (unpaired) electrons. The van der Waals surface area contributed by atoms with E-state index in [0.717, 1.165) is 11.9 Å². The summed E-state index contributed by atoms with van der Waals surface area (Å²) in [5, 5.41) is 6.30. The van der Waals surface area contributed by atoms with Gasteiger partial charge in [0, 0.05) is 22.4 Å². The molecule has 20 heavy (non-hydrogen) atoms. The zero-order chi connectivity index (χ0) is 13.5. The summed E-state index contributed by atoms with van der Waals surface area (Å²) in [6.45, 7) is 2.20. The minimum atomic E-state index is 1.05. The minimum Gasteiger partial charge on any atom is -0.255 e. The summed E-state index contributed by atoms with van der Waals surface area (Å²) >= 11 is 0. The largest absolute Gasteiger partial charge is 0.255 e. The number of pyridine rings is 1. The van der Waals surface area contributed by atoms with Gasteiger partial charge in [0.2, 0.25) is 0 Å². The molecule has 0 fully saturated rings. The van der Waals surface area contributed by atoms with Gasteiger partial charge in [-0.15, -0.1) is 0 Å². The maximum atomic E-state index is 4.71. The molecule has 0 spiro atoms. The van der Waals surface area contributed by atoms with Gasteiger partial charge in [-0.2, -0.15) is 0 Å². The van der Waals surface area contributed by atoms with Gasteiger partial charge >= 0.3 is 0 Å². The Balaban J connectivity index is 2.23. The molecule has 4 aromatic rings. The Kier molecular flexibility index (Phi) is 2.46. The third kappa shape index (κ3) is 1.53. The monoisotopic (exact) mass is 257 g/mol. The van der Waals surface area contributed by atoms with E-state index < -0.39 is 0 Å². The first-order valence-corrected chi connectivity index (χ1v) is 7.06. The van der Waals surface area contributed by atoms with Crippen LogP contribution in [0, 0.1) is 0 Å². The molecule has 0 bridgehead atoms. The number of aryl methyl sites for hydroxylation is 1. The summed E-state index contributed by atoms with van der Waals surface area (Å²) < 4.78 is 0. The second-order valence-corrected chi connectivity index (χ2v) is 5.17. The number of benzene rings is 3. The summed E-state index contributed by atoms with van der Waals surface area (Å²) in [5.74, 6) is 0. The van der Waals surface area contributed by atoms with Crippen LogP contribution in [-0.2, 0) is 6.42 Å². The lowest BCUT2D eigenvalue weighted by atomic mass is 9.98. The zero-order valence-corrected chi connectivity index (χ0v) is 11.4. The summed E-state index contributed by atoms with van der Waals surface area (Å²) in [5.41, 5.74) is 2.50. The van der Waals surface area contributed by atoms with Gasteiger partial charge in [-0.05, 0) is 22.8 Å². The Morgan fingerprint density at radius 1 is 0.750 bits per heavy atom. The van der Waals surface area contributed by atoms with Crippen molar-refractivity contribution >= 4 is 32.4 Å². The third-order valence-corrected chi connectivity index (χ3v) is 4.09. The second kappa shape index (κ2) is 4.31. The maximum Gasteiger partial charge on any atom is 0.0786 e. The van der Waals surface area contributed by atoms with E-state index in [2.05, 4.69) is 61.5 Å². The van der Waals surface area contributed by atoms with Crippen LogP contribution in [0.5, 0.6) is 0 Å². The predicted molar refractivity (Wildman–Crippen MR) is 86.1 cm³/mol. The molecule has 0 N–H and O–H groups in total. The molecule has 0 aliphatic rings. The van der Waals surface area contributed by atoms with Gasteiger partial charge in [0.25, 0.3) is 0 Å². The SMILES string of the molecule is CCc1cccc2c1ccc1c3ccccc3cnc21. The Labute approximate surface area is 117 Å². The number of aromatic nitrogens is 1. The summed E-state index contributed by atoms with van der Waals surface area (Å²) in [4.78, 5) is 4.71. The van der Waals surface area contributed by atoms with Crippen LogP contribution in [-0.4, -0.2) is 4.98 Å². The highest BCUT2D eigenvalue weighted by molar-refractivity contribution is 6.15. The van der Waals surface area contributed by atoms with Crippen molar-refractivity contribution < 1.29 is 0 Å². The first-order chi connectivity index (χ1) is 9.88. The van der Waals surface area contributed by atoms with Crippen molar-refractivity contribution in [3.63, 3.8) is 0 Å². The van der Waals surface area contributed by atoms with Crippen molar-refractivity contribution in [2.24, 2.45) is 0 Å². The van der Waals surface area contributed by atoms with Crippen LogP contribution >= 0.6 is 0 Å². The lowest BCUT2D eigenvalue weighted by molar-refractivity contribution is 1.16. The minimum absolute atomic E-state index is 1.05. The quantitative estimate of drug-likeness (QED) is 0.432. The molecule has 4 rings (SSSR count). The number of nitrogens with zero attached hydrogens (tertiary/aromatic N) is 1. The fraction of sp³-hybridized carbons (Fsp3) is 0.105. The van der Waals surface area contributed by atoms with Crippen LogP contribution < -0.4 is 0 Å². The predicted octanol–water partition coefficient (Wildman–Crippen LogP) is 5.10. The molecule has 96 valence electrons. The molecular weight excluding hydrogens is 242 g/mol. The van der Waals surface area contributed by atoms with E-state index in [9.17, 15) is 0 Å². The number of hydrogen-bond acceptors (Lipinski definition) is 1. The average Bonchev–Trinajstić information content (AvgIpc) is 2.53. The molecule has 0 aliphatic carbocycles. The lowest BCUT2D eigenvalue weighted by Crippen LogP contribution is -1.87. The fourth-order valence-electron chi connectivity index (χ4n) is 3.06. The van der Waals surface area contributed by atoms with Gasteiger partial charge in [-0.3, -0.25) is 4.98 Å². The van der Waals surface area contributed by atoms with Crippen LogP contribution in [0.2, 0.25) is 0 Å². The van der Waals surface area contributed by atoms with E-state index in [0.29, 0.717) is 0 Å². The van der Waals surface area contributed by atoms with E-state index >= 15 is 0 Å². The molecule has 1 aromatic heterocycles. The molecule has 1 heteroatoms. The summed E-state index contributed by atoms with van der Waals surface area (Å²) in [7, 11) is 0. The van der Waals surface area contributed by atoms with Crippen molar-refractivity contribution in [2.45, 2.75) is 13.3 Å². The molecule has 0 aliphatic heterocycles. The molecule has 0 saturated carbocycles. The Hall–Kier alpha value is -2.41. The van der Waals surface area contributed by atoms with Crippen LogP contribution in [0.25, 0.3) is 32.4 Å². The molecule has 0 unspecified atom stereocenters. The van der Waals surface area contributed by atoms with Crippen molar-refractivity contribution in [1.82, 2.24) is 4.98 Å². The van der Waals surface area contributed by atoms with Crippen molar-refractivity contribution in [1.29, 1.82) is 0 Å². The Morgan fingerprint density at radius 3 is 2.40 bits per heavy atom. The van der Waals surface area contributed by atoms with E-state index in [1.54, 1.807) is 0 Å². The molecule has 0 amide bonds. The maximum absolute atomic E-state index is 4.71. The molecule has 0 saturated heterocycles. The second-order valence-electron chi connectivity index (χ2n) is 5.17. The topological polar surface area (TPSA) is 12.9 Å². The smallest absolute Gasteiger partial charge is 0.0786 e. The molecule has 0 atom stereocenters. The molecule has 3 aromatic carbocycles. The van der Waals surface area contributed by atoms with Crippen molar-refractivity contribution in [2.75, 3.05) is 0 Å². The normalized spacial score (nSPS) is 11.4. The van der Waals surface area contributed by atoms with E-state index in [1.165, 1.54) is 32.5 Å². The van der Waals surface area contributed by atoms with Gasteiger partial charge in [0.15, 0.2) is 0 Å². The Morgan fingerprint density at radius 2 is 1.50 bits per heavy atom. The van der Waals surface area contributed by atoms with Crippen LogP contribution in [0.4, 0.5) is 0 Å². The van der Waals surface area contributed by atoms with E-state index in [1.807, 2.05) is 6.20 Å². The zero-order valence-electron chi connectivity index (χ0n) is 11.4. The highest BCUT2D eigenvalue weighted by Crippen LogP contribution is 2.30. The number of rotatable bonds is 1. The Bertz CT molecular complexity index is 938. The van der Waals surface area contributed by atoms with Crippen LogP contribution in [0.1, 0.15) is 12.5 Å². The first-order valence-electron chi connectivity index (χ1n) is 7.06. The average molecular weight is 257 g/mol. The highest BCUT2D eigenvalue weighted by Gasteiger charge is 2.07. The molecule has 1 nitrogen and oxygen atoms in total.